The Morgan fingerprint density at radius 2 is 1.92 bits per heavy atom. The van der Waals surface area contributed by atoms with E-state index in [-0.39, 0.29) is 6.04 Å². The molecule has 1 saturated heterocycles. The first-order valence-electron chi connectivity index (χ1n) is 8.71. The highest BCUT2D eigenvalue weighted by Crippen LogP contribution is 2.32. The summed E-state index contributed by atoms with van der Waals surface area (Å²) in [5.41, 5.74) is 2.95. The number of H-pyrrole nitrogens is 1. The van der Waals surface area contributed by atoms with E-state index in [1.54, 1.807) is 6.20 Å². The maximum Gasteiger partial charge on any atom is 0.253 e. The average Bonchev–Trinajstić information content (AvgIpc) is 2.66. The minimum absolute atomic E-state index is 0.122. The number of pyridine rings is 2. The highest BCUT2D eigenvalue weighted by Gasteiger charge is 2.31. The van der Waals surface area contributed by atoms with Gasteiger partial charge in [-0.15, -0.1) is 0 Å². The summed E-state index contributed by atoms with van der Waals surface area (Å²) in [5.74, 6) is 0.361. The number of nitrogens with one attached hydrogen (secondary N) is 2. The fourth-order valence-corrected chi connectivity index (χ4v) is 3.91. The molecule has 0 bridgehead atoms. The summed E-state index contributed by atoms with van der Waals surface area (Å²) in [6, 6.07) is 12.4. The van der Waals surface area contributed by atoms with Crippen LogP contribution >= 0.6 is 0 Å². The molecule has 0 spiro atoms. The zero-order valence-corrected chi connectivity index (χ0v) is 13.7. The maximum atomic E-state index is 10.9. The first-order chi connectivity index (χ1) is 11.8. The van der Waals surface area contributed by atoms with Crippen molar-refractivity contribution < 1.29 is 15.0 Å². The first kappa shape index (κ1) is 15.1. The fraction of sp³-hybridized carbons (Fsp3) is 0.300. The largest absolute Gasteiger partial charge is 0.502 e. The highest BCUT2D eigenvalue weighted by atomic mass is 16.3. The lowest BCUT2D eigenvalue weighted by atomic mass is 9.94. The van der Waals surface area contributed by atoms with Gasteiger partial charge in [0.15, 0.2) is 11.9 Å². The van der Waals surface area contributed by atoms with Gasteiger partial charge in [-0.2, -0.15) is 0 Å². The summed E-state index contributed by atoms with van der Waals surface area (Å²) < 4.78 is 0. The van der Waals surface area contributed by atoms with E-state index < -0.39 is 0 Å². The van der Waals surface area contributed by atoms with Crippen LogP contribution < -0.4 is 9.88 Å². The van der Waals surface area contributed by atoms with Crippen molar-refractivity contribution in [3.63, 3.8) is 0 Å². The Balaban J connectivity index is 1.85. The van der Waals surface area contributed by atoms with Crippen molar-refractivity contribution in [1.29, 1.82) is 0 Å². The number of piperidine rings is 1. The molecule has 4 rings (SSSR count). The van der Waals surface area contributed by atoms with Gasteiger partial charge >= 0.3 is 0 Å². The van der Waals surface area contributed by atoms with Crippen molar-refractivity contribution in [2.24, 2.45) is 0 Å². The Morgan fingerprint density at radius 1 is 1.04 bits per heavy atom. The van der Waals surface area contributed by atoms with Gasteiger partial charge in [0.1, 0.15) is 6.04 Å². The SMILES string of the molecule is Oc1c(C(c2cccnc2)[NH+]2CCCCC2)ccc2ccc[nH+]c12. The molecule has 0 radical (unpaired) electrons. The van der Waals surface area contributed by atoms with Gasteiger partial charge in [-0.25, -0.2) is 4.98 Å². The van der Waals surface area contributed by atoms with Crippen LogP contribution in [0.1, 0.15) is 36.4 Å². The third kappa shape index (κ3) is 2.74. The third-order valence-corrected chi connectivity index (χ3v) is 5.07. The molecule has 0 aliphatic carbocycles. The average molecular weight is 321 g/mol. The molecule has 3 heterocycles. The van der Waals surface area contributed by atoms with Crippen LogP contribution in [0.2, 0.25) is 0 Å². The summed E-state index contributed by atoms with van der Waals surface area (Å²) >= 11 is 0. The zero-order chi connectivity index (χ0) is 16.4. The van der Waals surface area contributed by atoms with E-state index in [9.17, 15) is 5.11 Å². The topological polar surface area (TPSA) is 51.7 Å². The molecule has 122 valence electrons. The Bertz CT molecular complexity index is 829. The lowest BCUT2D eigenvalue weighted by Crippen LogP contribution is -3.13. The van der Waals surface area contributed by atoms with Gasteiger partial charge in [-0.05, 0) is 49.6 Å². The van der Waals surface area contributed by atoms with E-state index in [0.29, 0.717) is 5.75 Å². The molecular weight excluding hydrogens is 298 g/mol. The quantitative estimate of drug-likeness (QED) is 0.774. The summed E-state index contributed by atoms with van der Waals surface area (Å²) in [4.78, 5) is 9.02. The van der Waals surface area contributed by atoms with Gasteiger partial charge in [-0.1, -0.05) is 0 Å². The lowest BCUT2D eigenvalue weighted by molar-refractivity contribution is -0.930. The molecule has 3 N–H and O–H groups in total. The zero-order valence-electron chi connectivity index (χ0n) is 13.7. The van der Waals surface area contributed by atoms with Crippen LogP contribution in [0.4, 0.5) is 0 Å². The number of likely N-dealkylation sites (tertiary alicyclic amines) is 1. The Labute approximate surface area is 141 Å². The van der Waals surface area contributed by atoms with Gasteiger partial charge in [0, 0.05) is 24.0 Å². The number of phenols is 1. The molecule has 1 fully saturated rings. The predicted octanol–water partition coefficient (Wildman–Crippen LogP) is 1.91. The van der Waals surface area contributed by atoms with Crippen LogP contribution in [0.5, 0.6) is 5.75 Å². The number of benzene rings is 1. The minimum Gasteiger partial charge on any atom is -0.502 e. The van der Waals surface area contributed by atoms with Crippen molar-refractivity contribution in [2.45, 2.75) is 25.3 Å². The number of hydrogen-bond acceptors (Lipinski definition) is 2. The molecule has 1 aliphatic heterocycles. The van der Waals surface area contributed by atoms with Crippen molar-refractivity contribution >= 4 is 10.9 Å². The van der Waals surface area contributed by atoms with Crippen molar-refractivity contribution in [3.05, 3.63) is 66.1 Å². The highest BCUT2D eigenvalue weighted by molar-refractivity contribution is 5.82. The third-order valence-electron chi connectivity index (χ3n) is 5.07. The van der Waals surface area contributed by atoms with E-state index in [4.69, 9.17) is 0 Å². The molecule has 0 amide bonds. The fourth-order valence-electron chi connectivity index (χ4n) is 3.91. The van der Waals surface area contributed by atoms with Crippen molar-refractivity contribution in [1.82, 2.24) is 4.98 Å². The maximum absolute atomic E-state index is 10.9. The molecule has 0 saturated carbocycles. The van der Waals surface area contributed by atoms with Gasteiger partial charge in [0.2, 0.25) is 0 Å². The molecular formula is C20H23N3O+2. The van der Waals surface area contributed by atoms with E-state index >= 15 is 0 Å². The molecule has 1 aromatic carbocycles. The smallest absolute Gasteiger partial charge is 0.253 e. The van der Waals surface area contributed by atoms with Gasteiger partial charge < -0.3 is 10.0 Å². The summed E-state index contributed by atoms with van der Waals surface area (Å²) in [7, 11) is 0. The Kier molecular flexibility index (Phi) is 4.13. The number of fused-ring (bicyclic) bond motifs is 1. The van der Waals surface area contributed by atoms with Gasteiger partial charge in [0.05, 0.1) is 24.0 Å². The van der Waals surface area contributed by atoms with Crippen LogP contribution in [0, 0.1) is 0 Å². The van der Waals surface area contributed by atoms with E-state index in [0.717, 1.165) is 29.6 Å². The Hall–Kier alpha value is -2.46. The van der Waals surface area contributed by atoms with E-state index in [1.165, 1.54) is 29.7 Å². The van der Waals surface area contributed by atoms with Crippen molar-refractivity contribution in [2.75, 3.05) is 13.1 Å². The van der Waals surface area contributed by atoms with Crippen LogP contribution in [-0.4, -0.2) is 23.2 Å². The number of rotatable bonds is 3. The number of aromatic hydroxyl groups is 1. The first-order valence-corrected chi connectivity index (χ1v) is 8.71. The summed E-state index contributed by atoms with van der Waals surface area (Å²) in [5, 5.41) is 12.0. The monoisotopic (exact) mass is 321 g/mol. The normalized spacial score (nSPS) is 17.0. The van der Waals surface area contributed by atoms with E-state index in [1.807, 2.05) is 30.6 Å². The Morgan fingerprint density at radius 3 is 2.71 bits per heavy atom. The number of quaternary nitrogens is 1. The minimum atomic E-state index is 0.122. The number of hydrogen-bond donors (Lipinski definition) is 2. The molecule has 4 heteroatoms. The molecule has 2 aromatic heterocycles. The van der Waals surface area contributed by atoms with Crippen LogP contribution in [0.3, 0.4) is 0 Å². The number of aromatic amines is 1. The molecule has 24 heavy (non-hydrogen) atoms. The van der Waals surface area contributed by atoms with Crippen molar-refractivity contribution in [3.8, 4) is 5.75 Å². The molecule has 1 unspecified atom stereocenters. The summed E-state index contributed by atoms with van der Waals surface area (Å²) in [6.45, 7) is 2.27. The second-order valence-electron chi connectivity index (χ2n) is 6.58. The molecule has 4 nitrogen and oxygen atoms in total. The van der Waals surface area contributed by atoms with Crippen LogP contribution in [0.25, 0.3) is 10.9 Å². The lowest BCUT2D eigenvalue weighted by Gasteiger charge is -2.32. The number of phenolic OH excluding ortho intramolecular Hbond substituents is 1. The molecule has 1 aliphatic rings. The molecule has 1 atom stereocenters. The van der Waals surface area contributed by atoms with Gasteiger partial charge in [0.25, 0.3) is 5.52 Å². The van der Waals surface area contributed by atoms with Gasteiger partial charge in [-0.3, -0.25) is 4.98 Å². The van der Waals surface area contributed by atoms with Crippen LogP contribution in [-0.2, 0) is 0 Å². The summed E-state index contributed by atoms with van der Waals surface area (Å²) in [6.07, 6.45) is 9.39. The van der Waals surface area contributed by atoms with E-state index in [2.05, 4.69) is 28.2 Å². The standard InChI is InChI=1S/C20H21N3O/c24-20-17(9-8-15-6-5-11-22-18(15)20)19(16-7-4-10-21-14-16)23-12-2-1-3-13-23/h4-11,14,19,24H,1-3,12-13H2/p+2. The second kappa shape index (κ2) is 6.57. The van der Waals surface area contributed by atoms with Crippen LogP contribution in [0.15, 0.2) is 55.0 Å². The molecule has 3 aromatic rings. The number of aromatic nitrogens is 2. The predicted molar refractivity (Wildman–Crippen MR) is 92.8 cm³/mol. The number of nitrogens with zero attached hydrogens (tertiary/aromatic N) is 1. The second-order valence-corrected chi connectivity index (χ2v) is 6.58.